The molecule has 0 N–H and O–H groups in total. The molecule has 1 fully saturated rings. The van der Waals surface area contributed by atoms with E-state index in [-0.39, 0.29) is 16.6 Å². The molecule has 27 heavy (non-hydrogen) atoms. The van der Waals surface area contributed by atoms with E-state index in [1.54, 1.807) is 9.42 Å². The fourth-order valence-corrected chi connectivity index (χ4v) is 3.50. The molecule has 0 bridgehead atoms. The quantitative estimate of drug-likeness (QED) is 0.576. The number of ether oxygens (including phenoxy) is 1. The number of aryl methyl sites for hydroxylation is 1. The number of nitrogens with zero attached hydrogens (tertiary/aromatic N) is 5. The number of fused-ring (bicyclic) bond motifs is 1. The normalized spacial score (nSPS) is 17.5. The summed E-state index contributed by atoms with van der Waals surface area (Å²) in [5.41, 5.74) is 1.54. The average molecular weight is 438 g/mol. The van der Waals surface area contributed by atoms with Crippen LogP contribution in [-0.4, -0.2) is 50.1 Å². The van der Waals surface area contributed by atoms with Crippen molar-refractivity contribution in [3.63, 3.8) is 0 Å². The maximum Gasteiger partial charge on any atom is 0.254 e. The number of carbonyl (C=O) groups excluding carboxylic acids is 1. The molecule has 1 amide bonds. The van der Waals surface area contributed by atoms with Gasteiger partial charge in [-0.1, -0.05) is 0 Å². The molecule has 0 spiro atoms. The van der Waals surface area contributed by atoms with Crippen molar-refractivity contribution in [2.75, 3.05) is 19.7 Å². The van der Waals surface area contributed by atoms with E-state index < -0.39 is 23.6 Å². The van der Waals surface area contributed by atoms with Gasteiger partial charge in [0.2, 0.25) is 0 Å². The van der Waals surface area contributed by atoms with Gasteiger partial charge >= 0.3 is 0 Å². The predicted octanol–water partition coefficient (Wildman–Crippen LogP) is 2.69. The van der Waals surface area contributed by atoms with Crippen LogP contribution in [0.15, 0.2) is 29.0 Å². The highest BCUT2D eigenvalue weighted by atomic mass is 79.9. The zero-order chi connectivity index (χ0) is 19.1. The molecule has 0 saturated carbocycles. The molecular weight excluding hydrogens is 424 g/mol. The van der Waals surface area contributed by atoms with Gasteiger partial charge < -0.3 is 9.64 Å². The highest BCUT2D eigenvalue weighted by Crippen LogP contribution is 2.26. The second-order valence-corrected chi connectivity index (χ2v) is 7.01. The number of rotatable bonds is 2. The van der Waals surface area contributed by atoms with Crippen molar-refractivity contribution in [2.24, 2.45) is 0 Å². The largest absolute Gasteiger partial charge is 0.368 e. The number of morpholine rings is 1. The summed E-state index contributed by atoms with van der Waals surface area (Å²) in [6, 6.07) is 4.00. The lowest BCUT2D eigenvalue weighted by Crippen LogP contribution is -2.42. The zero-order valence-electron chi connectivity index (χ0n) is 14.2. The molecule has 0 aliphatic carbocycles. The first-order valence-electron chi connectivity index (χ1n) is 8.16. The van der Waals surface area contributed by atoms with Crippen molar-refractivity contribution in [2.45, 2.75) is 13.0 Å². The number of carbonyl (C=O) groups is 1. The summed E-state index contributed by atoms with van der Waals surface area (Å²) >= 11 is 2.93. The smallest absolute Gasteiger partial charge is 0.254 e. The van der Waals surface area contributed by atoms with Crippen molar-refractivity contribution >= 4 is 27.6 Å². The van der Waals surface area contributed by atoms with Gasteiger partial charge in [-0.3, -0.25) is 4.79 Å². The summed E-state index contributed by atoms with van der Waals surface area (Å²) in [4.78, 5) is 22.7. The monoisotopic (exact) mass is 437 g/mol. The third-order valence-electron chi connectivity index (χ3n) is 4.32. The first kappa shape index (κ1) is 17.9. The molecule has 1 atom stereocenters. The third kappa shape index (κ3) is 3.30. The SMILES string of the molecule is Cc1cc([C@@H]2CN(C(=O)c3cc(F)c(F)c(Br)c3)CCO2)n2ncnc2n1. The number of benzene rings is 1. The van der Waals surface area contributed by atoms with Crippen molar-refractivity contribution in [1.82, 2.24) is 24.5 Å². The minimum Gasteiger partial charge on any atom is -0.368 e. The van der Waals surface area contributed by atoms with E-state index in [9.17, 15) is 13.6 Å². The molecule has 0 unspecified atom stereocenters. The Bertz CT molecular complexity index is 1020. The minimum absolute atomic E-state index is 0.0678. The van der Waals surface area contributed by atoms with Gasteiger partial charge in [-0.15, -0.1) is 0 Å². The predicted molar refractivity (Wildman–Crippen MR) is 94.2 cm³/mol. The van der Waals surface area contributed by atoms with Crippen LogP contribution < -0.4 is 0 Å². The fourth-order valence-electron chi connectivity index (χ4n) is 3.06. The van der Waals surface area contributed by atoms with Gasteiger partial charge in [-0.2, -0.15) is 14.6 Å². The summed E-state index contributed by atoms with van der Waals surface area (Å²) in [7, 11) is 0. The summed E-state index contributed by atoms with van der Waals surface area (Å²) in [5.74, 6) is -2.05. The number of halogens is 3. The van der Waals surface area contributed by atoms with Gasteiger partial charge in [0.1, 0.15) is 12.4 Å². The Kier molecular flexibility index (Phi) is 4.60. The molecule has 1 aliphatic heterocycles. The van der Waals surface area contributed by atoms with Gasteiger partial charge in [0.25, 0.3) is 11.7 Å². The molecule has 1 aromatic carbocycles. The molecule has 3 aromatic rings. The summed E-state index contributed by atoms with van der Waals surface area (Å²) < 4.78 is 34.4. The molecule has 3 heterocycles. The Hall–Kier alpha value is -2.46. The Labute approximate surface area is 161 Å². The van der Waals surface area contributed by atoms with Crippen LogP contribution in [0, 0.1) is 18.6 Å². The lowest BCUT2D eigenvalue weighted by atomic mass is 10.1. The van der Waals surface area contributed by atoms with Crippen LogP contribution in [0.4, 0.5) is 8.78 Å². The maximum atomic E-state index is 13.7. The lowest BCUT2D eigenvalue weighted by molar-refractivity contribution is -0.0257. The molecule has 140 valence electrons. The van der Waals surface area contributed by atoms with E-state index in [0.717, 1.165) is 17.5 Å². The van der Waals surface area contributed by atoms with Crippen molar-refractivity contribution in [3.8, 4) is 0 Å². The van der Waals surface area contributed by atoms with Gasteiger partial charge in [-0.25, -0.2) is 13.8 Å². The van der Waals surface area contributed by atoms with Crippen LogP contribution in [0.3, 0.4) is 0 Å². The van der Waals surface area contributed by atoms with Crippen molar-refractivity contribution < 1.29 is 18.3 Å². The van der Waals surface area contributed by atoms with Crippen LogP contribution in [0.1, 0.15) is 27.8 Å². The van der Waals surface area contributed by atoms with Gasteiger partial charge in [0.15, 0.2) is 11.6 Å². The van der Waals surface area contributed by atoms with E-state index in [1.807, 2.05) is 13.0 Å². The molecule has 1 saturated heterocycles. The molecule has 2 aromatic heterocycles. The van der Waals surface area contributed by atoms with Gasteiger partial charge in [-0.05, 0) is 41.1 Å². The fraction of sp³-hybridized carbons (Fsp3) is 0.294. The number of hydrogen-bond donors (Lipinski definition) is 0. The molecular formula is C17H14BrF2N5O2. The first-order valence-corrected chi connectivity index (χ1v) is 8.96. The van der Waals surface area contributed by atoms with Crippen molar-refractivity contribution in [3.05, 3.63) is 57.6 Å². The van der Waals surface area contributed by atoms with Crippen LogP contribution in [0.5, 0.6) is 0 Å². The van der Waals surface area contributed by atoms with Crippen LogP contribution in [0.25, 0.3) is 5.78 Å². The minimum atomic E-state index is -1.08. The first-order chi connectivity index (χ1) is 12.9. The van der Waals surface area contributed by atoms with Gasteiger partial charge in [0.05, 0.1) is 23.3 Å². The van der Waals surface area contributed by atoms with Crippen LogP contribution in [-0.2, 0) is 4.74 Å². The van der Waals surface area contributed by atoms with Crippen LogP contribution in [0.2, 0.25) is 0 Å². The highest BCUT2D eigenvalue weighted by Gasteiger charge is 2.29. The van der Waals surface area contributed by atoms with Gasteiger partial charge in [0, 0.05) is 17.8 Å². The van der Waals surface area contributed by atoms with E-state index >= 15 is 0 Å². The second-order valence-electron chi connectivity index (χ2n) is 6.16. The third-order valence-corrected chi connectivity index (χ3v) is 4.90. The highest BCUT2D eigenvalue weighted by molar-refractivity contribution is 9.10. The van der Waals surface area contributed by atoms with E-state index in [0.29, 0.717) is 18.9 Å². The van der Waals surface area contributed by atoms with E-state index in [4.69, 9.17) is 4.74 Å². The summed E-state index contributed by atoms with van der Waals surface area (Å²) in [5, 5.41) is 4.16. The Balaban J connectivity index is 1.63. The second kappa shape index (κ2) is 6.93. The topological polar surface area (TPSA) is 72.6 Å². The summed E-state index contributed by atoms with van der Waals surface area (Å²) in [6.45, 7) is 2.73. The maximum absolute atomic E-state index is 13.7. The number of hydrogen-bond acceptors (Lipinski definition) is 5. The lowest BCUT2D eigenvalue weighted by Gasteiger charge is -2.33. The Morgan fingerprint density at radius 2 is 2.15 bits per heavy atom. The molecule has 1 aliphatic rings. The van der Waals surface area contributed by atoms with Crippen molar-refractivity contribution in [1.29, 1.82) is 0 Å². The molecule has 4 rings (SSSR count). The molecule has 0 radical (unpaired) electrons. The summed E-state index contributed by atoms with van der Waals surface area (Å²) in [6.07, 6.45) is 0.956. The zero-order valence-corrected chi connectivity index (χ0v) is 15.8. The van der Waals surface area contributed by atoms with E-state index in [1.165, 1.54) is 12.4 Å². The van der Waals surface area contributed by atoms with Crippen LogP contribution >= 0.6 is 15.9 Å². The number of aromatic nitrogens is 4. The standard InChI is InChI=1S/C17H14BrF2N5O2/c1-9-4-13(25-17(23-9)21-8-22-25)14-7-24(2-3-27-14)16(26)10-5-11(18)15(20)12(19)6-10/h4-6,8,14H,2-3,7H2,1H3/t14-/m0/s1. The average Bonchev–Trinajstić information content (AvgIpc) is 3.12. The number of amides is 1. The Morgan fingerprint density at radius 1 is 1.33 bits per heavy atom. The Morgan fingerprint density at radius 3 is 2.93 bits per heavy atom. The molecule has 7 nitrogen and oxygen atoms in total. The molecule has 10 heteroatoms. The van der Waals surface area contributed by atoms with E-state index in [2.05, 4.69) is 31.0 Å².